The minimum Gasteiger partial charge on any atom is -0.464 e. The Balaban J connectivity index is 1.91. The first kappa shape index (κ1) is 19.4. The molecule has 0 amide bonds. The molecule has 27 heavy (non-hydrogen) atoms. The standard InChI is InChI=1S/C18H23N3O5S/c1-14-6-7-15(26-14)13-19(2)17-9-8-16(12-18(17)21(22)23)27(24,25)20-10-4-3-5-11-20/h6-9,12H,3-5,10-11,13H2,1-2H3. The van der Waals surface area contributed by atoms with Crippen LogP contribution in [0.1, 0.15) is 30.8 Å². The van der Waals surface area contributed by atoms with Gasteiger partial charge in [-0.15, -0.1) is 0 Å². The molecule has 0 unspecified atom stereocenters. The number of benzene rings is 1. The summed E-state index contributed by atoms with van der Waals surface area (Å²) in [5.74, 6) is 1.44. The Labute approximate surface area is 158 Å². The average molecular weight is 393 g/mol. The molecule has 0 radical (unpaired) electrons. The second kappa shape index (κ2) is 7.69. The van der Waals surface area contributed by atoms with Gasteiger partial charge in [-0.3, -0.25) is 10.1 Å². The maximum Gasteiger partial charge on any atom is 0.293 e. The number of nitro groups is 1. The smallest absolute Gasteiger partial charge is 0.293 e. The molecular formula is C18H23N3O5S. The molecule has 1 fully saturated rings. The van der Waals surface area contributed by atoms with Crippen LogP contribution in [0.3, 0.4) is 0 Å². The molecule has 1 aromatic carbocycles. The van der Waals surface area contributed by atoms with Crippen molar-refractivity contribution in [2.24, 2.45) is 0 Å². The van der Waals surface area contributed by atoms with Gasteiger partial charge >= 0.3 is 0 Å². The molecule has 9 heteroatoms. The fourth-order valence-corrected chi connectivity index (χ4v) is 4.81. The first-order valence-corrected chi connectivity index (χ1v) is 10.3. The maximum absolute atomic E-state index is 12.8. The van der Waals surface area contributed by atoms with Crippen LogP contribution in [0.5, 0.6) is 0 Å². The van der Waals surface area contributed by atoms with Gasteiger partial charge in [-0.2, -0.15) is 4.31 Å². The molecule has 1 aliphatic rings. The van der Waals surface area contributed by atoms with Gasteiger partial charge in [0.1, 0.15) is 17.2 Å². The molecule has 8 nitrogen and oxygen atoms in total. The molecule has 1 aliphatic heterocycles. The highest BCUT2D eigenvalue weighted by Gasteiger charge is 2.29. The highest BCUT2D eigenvalue weighted by molar-refractivity contribution is 7.89. The van der Waals surface area contributed by atoms with Crippen LogP contribution >= 0.6 is 0 Å². The Bertz CT molecular complexity index is 932. The van der Waals surface area contributed by atoms with Gasteiger partial charge in [-0.25, -0.2) is 8.42 Å². The zero-order valence-corrected chi connectivity index (χ0v) is 16.2. The van der Waals surface area contributed by atoms with E-state index in [1.54, 1.807) is 11.9 Å². The summed E-state index contributed by atoms with van der Waals surface area (Å²) >= 11 is 0. The van der Waals surface area contributed by atoms with E-state index in [0.29, 0.717) is 31.1 Å². The molecule has 1 saturated heterocycles. The van der Waals surface area contributed by atoms with Gasteiger partial charge in [0.05, 0.1) is 16.4 Å². The average Bonchev–Trinajstić information content (AvgIpc) is 3.06. The third-order valence-electron chi connectivity index (χ3n) is 4.70. The normalized spacial score (nSPS) is 15.6. The summed E-state index contributed by atoms with van der Waals surface area (Å²) in [6.45, 7) is 3.07. The fraction of sp³-hybridized carbons (Fsp3) is 0.444. The number of sulfonamides is 1. The summed E-state index contributed by atoms with van der Waals surface area (Å²) in [5.41, 5.74) is 0.102. The summed E-state index contributed by atoms with van der Waals surface area (Å²) in [6.07, 6.45) is 2.62. The zero-order chi connectivity index (χ0) is 19.6. The van der Waals surface area contributed by atoms with Crippen molar-refractivity contribution in [2.45, 2.75) is 37.6 Å². The van der Waals surface area contributed by atoms with Crippen LogP contribution < -0.4 is 4.90 Å². The molecule has 0 atom stereocenters. The largest absolute Gasteiger partial charge is 0.464 e. The maximum atomic E-state index is 12.8. The molecular weight excluding hydrogens is 370 g/mol. The van der Waals surface area contributed by atoms with E-state index in [4.69, 9.17) is 4.42 Å². The van der Waals surface area contributed by atoms with Crippen molar-refractivity contribution in [2.75, 3.05) is 25.0 Å². The molecule has 146 valence electrons. The van der Waals surface area contributed by atoms with Gasteiger partial charge in [0, 0.05) is 26.2 Å². The van der Waals surface area contributed by atoms with E-state index >= 15 is 0 Å². The fourth-order valence-electron chi connectivity index (χ4n) is 3.28. The Hall–Kier alpha value is -2.39. The summed E-state index contributed by atoms with van der Waals surface area (Å²) in [4.78, 5) is 12.7. The highest BCUT2D eigenvalue weighted by Crippen LogP contribution is 2.32. The van der Waals surface area contributed by atoms with Crippen molar-refractivity contribution in [3.8, 4) is 0 Å². The van der Waals surface area contributed by atoms with Crippen molar-refractivity contribution >= 4 is 21.4 Å². The van der Waals surface area contributed by atoms with Crippen molar-refractivity contribution in [1.29, 1.82) is 0 Å². The molecule has 1 aromatic heterocycles. The van der Waals surface area contributed by atoms with E-state index in [1.807, 2.05) is 19.1 Å². The van der Waals surface area contributed by atoms with Gasteiger partial charge in [-0.1, -0.05) is 6.42 Å². The van der Waals surface area contributed by atoms with E-state index in [-0.39, 0.29) is 10.6 Å². The lowest BCUT2D eigenvalue weighted by molar-refractivity contribution is -0.384. The number of hydrogen-bond donors (Lipinski definition) is 0. The Morgan fingerprint density at radius 3 is 2.48 bits per heavy atom. The molecule has 0 aliphatic carbocycles. The molecule has 0 bridgehead atoms. The molecule has 2 heterocycles. The zero-order valence-electron chi connectivity index (χ0n) is 15.4. The summed E-state index contributed by atoms with van der Waals surface area (Å²) in [7, 11) is -2.02. The number of piperidine rings is 1. The number of aryl methyl sites for hydroxylation is 1. The van der Waals surface area contributed by atoms with Crippen LogP contribution in [0.4, 0.5) is 11.4 Å². The van der Waals surface area contributed by atoms with Crippen molar-refractivity contribution in [3.63, 3.8) is 0 Å². The third-order valence-corrected chi connectivity index (χ3v) is 6.59. The molecule has 0 saturated carbocycles. The number of rotatable bonds is 6. The Kier molecular flexibility index (Phi) is 5.52. The van der Waals surface area contributed by atoms with Gasteiger partial charge < -0.3 is 9.32 Å². The lowest BCUT2D eigenvalue weighted by atomic mass is 10.2. The number of furan rings is 1. The summed E-state index contributed by atoms with van der Waals surface area (Å²) in [6, 6.07) is 7.73. The number of anilines is 1. The number of hydrogen-bond acceptors (Lipinski definition) is 6. The van der Waals surface area contributed by atoms with Gasteiger partial charge in [-0.05, 0) is 44.0 Å². The van der Waals surface area contributed by atoms with Crippen LogP contribution in [-0.4, -0.2) is 37.8 Å². The van der Waals surface area contributed by atoms with E-state index < -0.39 is 14.9 Å². The van der Waals surface area contributed by atoms with Crippen LogP contribution in [-0.2, 0) is 16.6 Å². The highest BCUT2D eigenvalue weighted by atomic mass is 32.2. The van der Waals surface area contributed by atoms with Crippen molar-refractivity contribution in [3.05, 3.63) is 52.0 Å². The third kappa shape index (κ3) is 4.14. The Morgan fingerprint density at radius 1 is 1.19 bits per heavy atom. The van der Waals surface area contributed by atoms with E-state index in [0.717, 1.165) is 31.1 Å². The minimum atomic E-state index is -3.72. The molecule has 0 N–H and O–H groups in total. The lowest BCUT2D eigenvalue weighted by Crippen LogP contribution is -2.35. The molecule has 2 aromatic rings. The van der Waals surface area contributed by atoms with E-state index in [9.17, 15) is 18.5 Å². The SMILES string of the molecule is Cc1ccc(CN(C)c2ccc(S(=O)(=O)N3CCCCC3)cc2[N+](=O)[O-])o1. The Morgan fingerprint density at radius 2 is 1.89 bits per heavy atom. The quantitative estimate of drug-likeness (QED) is 0.552. The number of nitrogens with zero attached hydrogens (tertiary/aromatic N) is 3. The minimum absolute atomic E-state index is 0.0397. The van der Waals surface area contributed by atoms with E-state index in [2.05, 4.69) is 0 Å². The lowest BCUT2D eigenvalue weighted by Gasteiger charge is -2.26. The van der Waals surface area contributed by atoms with Crippen LogP contribution in [0.25, 0.3) is 0 Å². The molecule has 0 spiro atoms. The first-order valence-electron chi connectivity index (χ1n) is 8.84. The van der Waals surface area contributed by atoms with Gasteiger partial charge in [0.15, 0.2) is 0 Å². The topological polar surface area (TPSA) is 96.9 Å². The van der Waals surface area contributed by atoms with E-state index in [1.165, 1.54) is 16.4 Å². The van der Waals surface area contributed by atoms with Gasteiger partial charge in [0.25, 0.3) is 5.69 Å². The van der Waals surface area contributed by atoms with Crippen LogP contribution in [0, 0.1) is 17.0 Å². The predicted molar refractivity (Wildman–Crippen MR) is 101 cm³/mol. The second-order valence-corrected chi connectivity index (χ2v) is 8.68. The summed E-state index contributed by atoms with van der Waals surface area (Å²) < 4.78 is 32.5. The molecule has 3 rings (SSSR count). The van der Waals surface area contributed by atoms with Crippen molar-refractivity contribution < 1.29 is 17.8 Å². The predicted octanol–water partition coefficient (Wildman–Crippen LogP) is 3.31. The number of nitro benzene ring substituents is 1. The first-order chi connectivity index (χ1) is 12.8. The summed E-state index contributed by atoms with van der Waals surface area (Å²) in [5, 5.41) is 11.6. The second-order valence-electron chi connectivity index (χ2n) is 6.74. The monoisotopic (exact) mass is 393 g/mol. The van der Waals surface area contributed by atoms with Gasteiger partial charge in [0.2, 0.25) is 10.0 Å². The van der Waals surface area contributed by atoms with Crippen LogP contribution in [0.15, 0.2) is 39.6 Å². The van der Waals surface area contributed by atoms with Crippen LogP contribution in [0.2, 0.25) is 0 Å². The van der Waals surface area contributed by atoms with Crippen molar-refractivity contribution in [1.82, 2.24) is 4.31 Å².